The second kappa shape index (κ2) is 8.76. The number of hydrogen-bond acceptors (Lipinski definition) is 5. The highest BCUT2D eigenvalue weighted by Gasteiger charge is 2.40. The van der Waals surface area contributed by atoms with Crippen molar-refractivity contribution in [2.75, 3.05) is 6.54 Å². The quantitative estimate of drug-likeness (QED) is 0.585. The first-order valence-electron chi connectivity index (χ1n) is 10.3. The van der Waals surface area contributed by atoms with Crippen molar-refractivity contribution < 1.29 is 23.9 Å². The van der Waals surface area contributed by atoms with Crippen LogP contribution in [-0.2, 0) is 9.53 Å². The second-order valence-electron chi connectivity index (χ2n) is 8.22. The van der Waals surface area contributed by atoms with Gasteiger partial charge >= 0.3 is 5.97 Å². The Morgan fingerprint density at radius 3 is 2.38 bits per heavy atom. The van der Waals surface area contributed by atoms with Crippen LogP contribution in [0, 0.1) is 5.92 Å². The van der Waals surface area contributed by atoms with Gasteiger partial charge in [-0.15, -0.1) is 0 Å². The van der Waals surface area contributed by atoms with E-state index in [1.807, 2.05) is 13.8 Å². The molecule has 1 saturated carbocycles. The zero-order chi connectivity index (χ0) is 21.1. The minimum Gasteiger partial charge on any atom is -0.449 e. The van der Waals surface area contributed by atoms with Gasteiger partial charge in [0.1, 0.15) is 0 Å². The number of ether oxygens (including phenoxy) is 1. The fraction of sp³-hybridized carbons (Fsp3) is 0.545. The number of carbonyl (C=O) groups is 4. The monoisotopic (exact) mass is 400 g/mol. The summed E-state index contributed by atoms with van der Waals surface area (Å²) in [5, 5.41) is 2.71. The lowest BCUT2D eigenvalue weighted by Gasteiger charge is -2.29. The molecule has 1 aliphatic carbocycles. The zero-order valence-corrected chi connectivity index (χ0v) is 17.2. The number of nitrogens with one attached hydrogen (secondary N) is 1. The van der Waals surface area contributed by atoms with Crippen LogP contribution < -0.4 is 5.32 Å². The molecule has 7 heteroatoms. The number of esters is 1. The number of carbonyl (C=O) groups excluding carboxylic acids is 4. The number of hydrogen-bond donors (Lipinski definition) is 1. The molecule has 0 radical (unpaired) electrons. The lowest BCUT2D eigenvalue weighted by Crippen LogP contribution is -2.40. The maximum Gasteiger partial charge on any atom is 0.338 e. The van der Waals surface area contributed by atoms with Crippen LogP contribution in [-0.4, -0.2) is 47.3 Å². The Bertz CT molecular complexity index is 826. The fourth-order valence-corrected chi connectivity index (χ4v) is 3.79. The van der Waals surface area contributed by atoms with Crippen LogP contribution >= 0.6 is 0 Å². The Labute approximate surface area is 170 Å². The van der Waals surface area contributed by atoms with Gasteiger partial charge in [-0.05, 0) is 43.9 Å². The highest BCUT2D eigenvalue weighted by atomic mass is 16.5. The molecule has 0 spiro atoms. The SMILES string of the molecule is CC(C)CNC(=O)C(C)OC(=O)c1ccc2c(c1)C(=O)N(C1CCCCC1)C2=O. The normalized spacial score (nSPS) is 18.0. The molecule has 1 unspecified atom stereocenters. The van der Waals surface area contributed by atoms with Crippen molar-refractivity contribution in [2.45, 2.75) is 65.0 Å². The fourth-order valence-electron chi connectivity index (χ4n) is 3.79. The van der Waals surface area contributed by atoms with Crippen molar-refractivity contribution in [3.63, 3.8) is 0 Å². The maximum atomic E-state index is 12.8. The molecule has 3 amide bonds. The van der Waals surface area contributed by atoms with Crippen LogP contribution in [0.25, 0.3) is 0 Å². The van der Waals surface area contributed by atoms with E-state index in [0.29, 0.717) is 12.1 Å². The van der Waals surface area contributed by atoms with Gasteiger partial charge in [-0.25, -0.2) is 4.79 Å². The number of rotatable bonds is 6. The number of fused-ring (bicyclic) bond motifs is 1. The molecule has 1 heterocycles. The van der Waals surface area contributed by atoms with Gasteiger partial charge in [0.2, 0.25) is 0 Å². The molecule has 1 fully saturated rings. The summed E-state index contributed by atoms with van der Waals surface area (Å²) in [6, 6.07) is 4.30. The Hall–Kier alpha value is -2.70. The number of benzene rings is 1. The Kier molecular flexibility index (Phi) is 6.35. The van der Waals surface area contributed by atoms with E-state index in [9.17, 15) is 19.2 Å². The highest BCUT2D eigenvalue weighted by Crippen LogP contribution is 2.31. The van der Waals surface area contributed by atoms with Crippen molar-refractivity contribution >= 4 is 23.7 Å². The van der Waals surface area contributed by atoms with E-state index in [1.54, 1.807) is 0 Å². The molecule has 1 aromatic carbocycles. The van der Waals surface area contributed by atoms with Gasteiger partial charge in [-0.3, -0.25) is 19.3 Å². The van der Waals surface area contributed by atoms with Gasteiger partial charge in [0.05, 0.1) is 16.7 Å². The molecule has 0 aromatic heterocycles. The van der Waals surface area contributed by atoms with Crippen molar-refractivity contribution in [1.82, 2.24) is 10.2 Å². The molecule has 7 nitrogen and oxygen atoms in total. The molecule has 3 rings (SSSR count). The molecule has 1 atom stereocenters. The van der Waals surface area contributed by atoms with Crippen LogP contribution in [0.3, 0.4) is 0 Å². The van der Waals surface area contributed by atoms with E-state index in [-0.39, 0.29) is 40.8 Å². The average molecular weight is 400 g/mol. The van der Waals surface area contributed by atoms with Gasteiger partial charge in [0.25, 0.3) is 17.7 Å². The summed E-state index contributed by atoms with van der Waals surface area (Å²) in [4.78, 5) is 51.4. The summed E-state index contributed by atoms with van der Waals surface area (Å²) in [6.45, 7) is 5.93. The van der Waals surface area contributed by atoms with Gasteiger partial charge in [0, 0.05) is 12.6 Å². The third-order valence-electron chi connectivity index (χ3n) is 5.43. The molecule has 29 heavy (non-hydrogen) atoms. The van der Waals surface area contributed by atoms with E-state index in [2.05, 4.69) is 5.32 Å². The first-order chi connectivity index (χ1) is 13.8. The summed E-state index contributed by atoms with van der Waals surface area (Å²) < 4.78 is 5.23. The Morgan fingerprint density at radius 2 is 1.72 bits per heavy atom. The van der Waals surface area contributed by atoms with E-state index >= 15 is 0 Å². The van der Waals surface area contributed by atoms with Crippen LogP contribution in [0.5, 0.6) is 0 Å². The molecular formula is C22H28N2O5. The lowest BCUT2D eigenvalue weighted by atomic mass is 9.94. The van der Waals surface area contributed by atoms with Gasteiger partial charge < -0.3 is 10.1 Å². The van der Waals surface area contributed by atoms with Crippen molar-refractivity contribution in [3.8, 4) is 0 Å². The van der Waals surface area contributed by atoms with Crippen LogP contribution in [0.4, 0.5) is 0 Å². The molecule has 156 valence electrons. The van der Waals surface area contributed by atoms with Crippen LogP contribution in [0.15, 0.2) is 18.2 Å². The molecule has 1 aromatic rings. The highest BCUT2D eigenvalue weighted by molar-refractivity contribution is 6.22. The minimum atomic E-state index is -0.953. The van der Waals surface area contributed by atoms with Crippen molar-refractivity contribution in [2.24, 2.45) is 5.92 Å². The summed E-state index contributed by atoms with van der Waals surface area (Å²) in [6.07, 6.45) is 3.83. The summed E-state index contributed by atoms with van der Waals surface area (Å²) in [5.74, 6) is -1.43. The third kappa shape index (κ3) is 4.49. The molecule has 1 N–H and O–H groups in total. The molecule has 0 bridgehead atoms. The van der Waals surface area contributed by atoms with E-state index < -0.39 is 12.1 Å². The molecule has 0 saturated heterocycles. The van der Waals surface area contributed by atoms with E-state index in [0.717, 1.165) is 32.1 Å². The topological polar surface area (TPSA) is 92.8 Å². The maximum absolute atomic E-state index is 12.8. The standard InChI is InChI=1S/C22H28N2O5/c1-13(2)12-23-19(25)14(3)29-22(28)15-9-10-17-18(11-15)21(27)24(20(17)26)16-7-5-4-6-8-16/h9-11,13-14,16H,4-8,12H2,1-3H3,(H,23,25). The summed E-state index contributed by atoms with van der Waals surface area (Å²) in [5.41, 5.74) is 0.700. The van der Waals surface area contributed by atoms with Gasteiger partial charge in [-0.1, -0.05) is 33.1 Å². The largest absolute Gasteiger partial charge is 0.449 e. The van der Waals surface area contributed by atoms with E-state index in [4.69, 9.17) is 4.74 Å². The second-order valence-corrected chi connectivity index (χ2v) is 8.22. The van der Waals surface area contributed by atoms with Crippen molar-refractivity contribution in [3.05, 3.63) is 34.9 Å². The molecule has 2 aliphatic rings. The third-order valence-corrected chi connectivity index (χ3v) is 5.43. The number of amides is 3. The van der Waals surface area contributed by atoms with Gasteiger partial charge in [-0.2, -0.15) is 0 Å². The van der Waals surface area contributed by atoms with E-state index in [1.165, 1.54) is 30.0 Å². The lowest BCUT2D eigenvalue weighted by molar-refractivity contribution is -0.129. The molecule has 1 aliphatic heterocycles. The first-order valence-corrected chi connectivity index (χ1v) is 10.3. The first kappa shape index (κ1) is 21.0. The summed E-state index contributed by atoms with van der Waals surface area (Å²) in [7, 11) is 0. The van der Waals surface area contributed by atoms with Crippen LogP contribution in [0.1, 0.15) is 83.9 Å². The smallest absolute Gasteiger partial charge is 0.338 e. The van der Waals surface area contributed by atoms with Gasteiger partial charge in [0.15, 0.2) is 6.10 Å². The predicted octanol–water partition coefficient (Wildman–Crippen LogP) is 2.93. The van der Waals surface area contributed by atoms with Crippen molar-refractivity contribution in [1.29, 1.82) is 0 Å². The minimum absolute atomic E-state index is 0.0729. The zero-order valence-electron chi connectivity index (χ0n) is 17.2. The Balaban J connectivity index is 1.70. The van der Waals surface area contributed by atoms with Crippen LogP contribution in [0.2, 0.25) is 0 Å². The predicted molar refractivity (Wildman–Crippen MR) is 107 cm³/mol. The number of imide groups is 1. The summed E-state index contributed by atoms with van der Waals surface area (Å²) >= 11 is 0. The Morgan fingerprint density at radius 1 is 1.07 bits per heavy atom. The molecular weight excluding hydrogens is 372 g/mol. The average Bonchev–Trinajstić information content (AvgIpc) is 2.96. The number of nitrogens with zero attached hydrogens (tertiary/aromatic N) is 1.